The van der Waals surface area contributed by atoms with Gasteiger partial charge < -0.3 is 14.9 Å². The van der Waals surface area contributed by atoms with E-state index in [4.69, 9.17) is 9.84 Å². The maximum absolute atomic E-state index is 11.6. The van der Waals surface area contributed by atoms with E-state index in [-0.39, 0.29) is 41.9 Å². The van der Waals surface area contributed by atoms with Crippen molar-refractivity contribution in [1.82, 2.24) is 0 Å². The number of benzene rings is 1. The maximum atomic E-state index is 11.6. The highest BCUT2D eigenvalue weighted by atomic mass is 16.5. The second-order valence-electron chi connectivity index (χ2n) is 4.05. The van der Waals surface area contributed by atoms with Crippen LogP contribution in [0.4, 0.5) is 0 Å². The molecule has 20 heavy (non-hydrogen) atoms. The minimum absolute atomic E-state index is 0.00828. The number of carbonyl (C=O) groups excluding carboxylic acids is 2. The van der Waals surface area contributed by atoms with E-state index in [1.54, 1.807) is 0 Å². The molecule has 0 radical (unpaired) electrons. The molecule has 0 atom stereocenters. The standard InChI is InChI=1S/C14H14O6/c1-9(14(18)19)4-2-7-12(17)20-13-10(8-15)5-3-6-11(13)16/h3,5-6,8,16H,1-2,4,7H2,(H,18,19). The number of rotatable bonds is 7. The van der Waals surface area contributed by atoms with Gasteiger partial charge in [0.1, 0.15) is 0 Å². The molecule has 0 aliphatic rings. The van der Waals surface area contributed by atoms with Gasteiger partial charge in [0.15, 0.2) is 17.8 Å². The Morgan fingerprint density at radius 3 is 2.60 bits per heavy atom. The molecule has 0 unspecified atom stereocenters. The number of carboxylic acids is 1. The lowest BCUT2D eigenvalue weighted by molar-refractivity contribution is -0.135. The molecule has 1 rings (SSSR count). The summed E-state index contributed by atoms with van der Waals surface area (Å²) in [7, 11) is 0. The van der Waals surface area contributed by atoms with Crippen LogP contribution >= 0.6 is 0 Å². The highest BCUT2D eigenvalue weighted by Crippen LogP contribution is 2.29. The number of aromatic hydroxyl groups is 1. The van der Waals surface area contributed by atoms with Crippen LogP contribution in [-0.2, 0) is 9.59 Å². The molecule has 0 heterocycles. The molecule has 0 fully saturated rings. The third-order valence-electron chi connectivity index (χ3n) is 2.53. The van der Waals surface area contributed by atoms with Gasteiger partial charge in [0.2, 0.25) is 0 Å². The number of carbonyl (C=O) groups is 3. The molecule has 0 amide bonds. The summed E-state index contributed by atoms with van der Waals surface area (Å²) < 4.78 is 4.91. The Morgan fingerprint density at radius 2 is 2.00 bits per heavy atom. The Balaban J connectivity index is 2.57. The lowest BCUT2D eigenvalue weighted by Gasteiger charge is -2.08. The normalized spacial score (nSPS) is 9.80. The number of aldehydes is 1. The van der Waals surface area contributed by atoms with Crippen LogP contribution in [0.5, 0.6) is 11.5 Å². The molecular weight excluding hydrogens is 264 g/mol. The molecule has 0 aliphatic heterocycles. The number of hydrogen-bond donors (Lipinski definition) is 2. The smallest absolute Gasteiger partial charge is 0.330 e. The monoisotopic (exact) mass is 278 g/mol. The van der Waals surface area contributed by atoms with E-state index < -0.39 is 11.9 Å². The van der Waals surface area contributed by atoms with E-state index >= 15 is 0 Å². The zero-order valence-electron chi connectivity index (χ0n) is 10.7. The molecule has 2 N–H and O–H groups in total. The van der Waals surface area contributed by atoms with E-state index in [9.17, 15) is 19.5 Å². The number of ether oxygens (including phenoxy) is 1. The number of phenols is 1. The largest absolute Gasteiger partial charge is 0.504 e. The SMILES string of the molecule is C=C(CCCC(=O)Oc1c(O)cccc1C=O)C(=O)O. The van der Waals surface area contributed by atoms with Crippen molar-refractivity contribution in [3.05, 3.63) is 35.9 Å². The quantitative estimate of drug-likeness (QED) is 0.342. The fourth-order valence-corrected chi connectivity index (χ4v) is 1.46. The average molecular weight is 278 g/mol. The van der Waals surface area contributed by atoms with Gasteiger partial charge in [-0.1, -0.05) is 12.6 Å². The number of para-hydroxylation sites is 1. The van der Waals surface area contributed by atoms with Crippen molar-refractivity contribution in [3.8, 4) is 11.5 Å². The van der Waals surface area contributed by atoms with Gasteiger partial charge in [0.05, 0.1) is 5.56 Å². The first kappa shape index (κ1) is 15.4. The minimum atomic E-state index is -1.11. The van der Waals surface area contributed by atoms with Crippen molar-refractivity contribution < 1.29 is 29.3 Å². The summed E-state index contributed by atoms with van der Waals surface area (Å²) in [5.41, 5.74) is 0.0715. The summed E-state index contributed by atoms with van der Waals surface area (Å²) in [4.78, 5) is 32.8. The number of esters is 1. The first-order valence-electron chi connectivity index (χ1n) is 5.84. The Kier molecular flexibility index (Phi) is 5.46. The lowest BCUT2D eigenvalue weighted by Crippen LogP contribution is -2.10. The molecule has 0 spiro atoms. The summed E-state index contributed by atoms with van der Waals surface area (Å²) in [6.45, 7) is 3.34. The van der Waals surface area contributed by atoms with Gasteiger partial charge in [-0.15, -0.1) is 0 Å². The Bertz CT molecular complexity index is 547. The van der Waals surface area contributed by atoms with Crippen molar-refractivity contribution in [2.75, 3.05) is 0 Å². The molecule has 1 aromatic carbocycles. The number of phenolic OH excluding ortho intramolecular Hbond substituents is 1. The molecule has 6 nitrogen and oxygen atoms in total. The first-order chi connectivity index (χ1) is 9.45. The van der Waals surface area contributed by atoms with Crippen LogP contribution in [0.2, 0.25) is 0 Å². The van der Waals surface area contributed by atoms with Crippen LogP contribution < -0.4 is 4.74 Å². The molecule has 0 saturated carbocycles. The predicted molar refractivity (Wildman–Crippen MR) is 69.8 cm³/mol. The molecular formula is C14H14O6. The van der Waals surface area contributed by atoms with Crippen molar-refractivity contribution in [2.45, 2.75) is 19.3 Å². The fraction of sp³-hybridized carbons (Fsp3) is 0.214. The predicted octanol–water partition coefficient (Wildman–Crippen LogP) is 1.92. The van der Waals surface area contributed by atoms with E-state index in [0.29, 0.717) is 6.29 Å². The third kappa shape index (κ3) is 4.24. The molecule has 106 valence electrons. The third-order valence-corrected chi connectivity index (χ3v) is 2.53. The first-order valence-corrected chi connectivity index (χ1v) is 5.84. The Hall–Kier alpha value is -2.63. The summed E-state index contributed by atoms with van der Waals surface area (Å²) in [6.07, 6.45) is 0.841. The summed E-state index contributed by atoms with van der Waals surface area (Å²) in [6, 6.07) is 4.15. The van der Waals surface area contributed by atoms with Crippen LogP contribution in [0.3, 0.4) is 0 Å². The summed E-state index contributed by atoms with van der Waals surface area (Å²) in [5, 5.41) is 18.1. The van der Waals surface area contributed by atoms with Crippen molar-refractivity contribution in [1.29, 1.82) is 0 Å². The van der Waals surface area contributed by atoms with Crippen LogP contribution in [0.15, 0.2) is 30.4 Å². The van der Waals surface area contributed by atoms with Crippen LogP contribution in [0.1, 0.15) is 29.6 Å². The van der Waals surface area contributed by atoms with Crippen molar-refractivity contribution in [2.24, 2.45) is 0 Å². The second-order valence-corrected chi connectivity index (χ2v) is 4.05. The van der Waals surface area contributed by atoms with E-state index in [0.717, 1.165) is 0 Å². The summed E-state index contributed by atoms with van der Waals surface area (Å²) in [5.74, 6) is -2.27. The van der Waals surface area contributed by atoms with Gasteiger partial charge >= 0.3 is 11.9 Å². The minimum Gasteiger partial charge on any atom is -0.504 e. The van der Waals surface area contributed by atoms with E-state index in [2.05, 4.69) is 6.58 Å². The zero-order chi connectivity index (χ0) is 15.1. The lowest BCUT2D eigenvalue weighted by atomic mass is 10.1. The molecule has 6 heteroatoms. The topological polar surface area (TPSA) is 101 Å². The number of aliphatic carboxylic acids is 1. The highest BCUT2D eigenvalue weighted by molar-refractivity contribution is 5.86. The summed E-state index contributed by atoms with van der Waals surface area (Å²) >= 11 is 0. The molecule has 1 aromatic rings. The van der Waals surface area contributed by atoms with E-state index in [1.165, 1.54) is 18.2 Å². The molecule has 0 bridgehead atoms. The second kappa shape index (κ2) is 7.08. The van der Waals surface area contributed by atoms with Gasteiger partial charge in [0, 0.05) is 12.0 Å². The van der Waals surface area contributed by atoms with Gasteiger partial charge in [-0.05, 0) is 25.0 Å². The van der Waals surface area contributed by atoms with E-state index in [1.807, 2.05) is 0 Å². The fourth-order valence-electron chi connectivity index (χ4n) is 1.46. The molecule has 0 aromatic heterocycles. The Morgan fingerprint density at radius 1 is 1.30 bits per heavy atom. The van der Waals surface area contributed by atoms with Crippen LogP contribution in [-0.4, -0.2) is 28.4 Å². The number of carboxylic acid groups (broad SMARTS) is 1. The Labute approximate surface area is 115 Å². The van der Waals surface area contributed by atoms with Gasteiger partial charge in [-0.2, -0.15) is 0 Å². The van der Waals surface area contributed by atoms with Gasteiger partial charge in [-0.25, -0.2) is 4.79 Å². The van der Waals surface area contributed by atoms with Crippen molar-refractivity contribution >= 4 is 18.2 Å². The van der Waals surface area contributed by atoms with Crippen LogP contribution in [0, 0.1) is 0 Å². The molecule has 0 aliphatic carbocycles. The average Bonchev–Trinajstić information content (AvgIpc) is 2.40. The maximum Gasteiger partial charge on any atom is 0.330 e. The molecule has 0 saturated heterocycles. The van der Waals surface area contributed by atoms with Gasteiger partial charge in [-0.3, -0.25) is 9.59 Å². The highest BCUT2D eigenvalue weighted by Gasteiger charge is 2.14. The van der Waals surface area contributed by atoms with Crippen molar-refractivity contribution in [3.63, 3.8) is 0 Å². The number of hydrogen-bond acceptors (Lipinski definition) is 5. The van der Waals surface area contributed by atoms with Crippen LogP contribution in [0.25, 0.3) is 0 Å². The van der Waals surface area contributed by atoms with Gasteiger partial charge in [0.25, 0.3) is 0 Å². The zero-order valence-corrected chi connectivity index (χ0v) is 10.7.